The van der Waals surface area contributed by atoms with Crippen LogP contribution in [-0.2, 0) is 23.9 Å². The summed E-state index contributed by atoms with van der Waals surface area (Å²) in [4.78, 5) is 11.8. The third kappa shape index (κ3) is 5.42. The van der Waals surface area contributed by atoms with Crippen molar-refractivity contribution in [2.45, 2.75) is 25.6 Å². The van der Waals surface area contributed by atoms with Crippen LogP contribution in [0, 0.1) is 0 Å². The fourth-order valence-electron chi connectivity index (χ4n) is 2.12. The second kappa shape index (κ2) is 7.90. The highest BCUT2D eigenvalue weighted by atomic mass is 35.5. The third-order valence-corrected chi connectivity index (χ3v) is 3.97. The number of nitrogens with one attached hydrogen (secondary N) is 1. The average molecular weight is 376 g/mol. The van der Waals surface area contributed by atoms with Gasteiger partial charge in [-0.05, 0) is 41.8 Å². The number of amides is 1. The standard InChI is InChI=1S/C17H14Cl2F3NO/c18-14-6-4-12(15(19)9-14)5-7-16(24)23-10-11-2-1-3-13(8-11)17(20,21)22/h1-4,6,8-9H,5,7,10H2,(H,23,24). The number of hydrogen-bond acceptors (Lipinski definition) is 1. The van der Waals surface area contributed by atoms with Gasteiger partial charge in [0.15, 0.2) is 0 Å². The van der Waals surface area contributed by atoms with Gasteiger partial charge >= 0.3 is 6.18 Å². The van der Waals surface area contributed by atoms with E-state index >= 15 is 0 Å². The Balaban J connectivity index is 1.87. The van der Waals surface area contributed by atoms with Crippen LogP contribution >= 0.6 is 23.2 Å². The zero-order valence-corrected chi connectivity index (χ0v) is 14.0. The quantitative estimate of drug-likeness (QED) is 0.758. The van der Waals surface area contributed by atoms with Crippen LogP contribution in [0.25, 0.3) is 0 Å². The predicted octanol–water partition coefficient (Wildman–Crippen LogP) is 5.26. The molecule has 0 unspecified atom stereocenters. The third-order valence-electron chi connectivity index (χ3n) is 3.38. The number of carbonyl (C=O) groups is 1. The van der Waals surface area contributed by atoms with E-state index in [-0.39, 0.29) is 18.9 Å². The summed E-state index contributed by atoms with van der Waals surface area (Å²) in [5, 5.41) is 3.59. The van der Waals surface area contributed by atoms with Crippen molar-refractivity contribution in [1.29, 1.82) is 0 Å². The van der Waals surface area contributed by atoms with E-state index in [0.717, 1.165) is 17.7 Å². The van der Waals surface area contributed by atoms with Gasteiger partial charge in [0.1, 0.15) is 0 Å². The van der Waals surface area contributed by atoms with Crippen molar-refractivity contribution in [3.8, 4) is 0 Å². The SMILES string of the molecule is O=C(CCc1ccc(Cl)cc1Cl)NCc1cccc(C(F)(F)F)c1. The Hall–Kier alpha value is -1.72. The maximum Gasteiger partial charge on any atom is 0.416 e. The molecule has 0 saturated heterocycles. The van der Waals surface area contributed by atoms with Crippen molar-refractivity contribution in [2.75, 3.05) is 0 Å². The van der Waals surface area contributed by atoms with Gasteiger partial charge in [0, 0.05) is 23.0 Å². The lowest BCUT2D eigenvalue weighted by Gasteiger charge is -2.10. The highest BCUT2D eigenvalue weighted by molar-refractivity contribution is 6.35. The molecule has 0 aromatic heterocycles. The first-order valence-corrected chi connectivity index (χ1v) is 7.88. The van der Waals surface area contributed by atoms with Gasteiger partial charge in [0.2, 0.25) is 5.91 Å². The molecule has 0 heterocycles. The molecule has 1 N–H and O–H groups in total. The van der Waals surface area contributed by atoms with Crippen LogP contribution in [0.1, 0.15) is 23.1 Å². The van der Waals surface area contributed by atoms with Crippen LogP contribution in [0.3, 0.4) is 0 Å². The predicted molar refractivity (Wildman–Crippen MR) is 88.1 cm³/mol. The lowest BCUT2D eigenvalue weighted by atomic mass is 10.1. The van der Waals surface area contributed by atoms with Crippen molar-refractivity contribution in [1.82, 2.24) is 5.32 Å². The van der Waals surface area contributed by atoms with Crippen molar-refractivity contribution in [2.24, 2.45) is 0 Å². The zero-order chi connectivity index (χ0) is 17.7. The average Bonchev–Trinajstić information content (AvgIpc) is 2.51. The molecular weight excluding hydrogens is 362 g/mol. The molecule has 0 radical (unpaired) electrons. The lowest BCUT2D eigenvalue weighted by Crippen LogP contribution is -2.23. The van der Waals surface area contributed by atoms with E-state index in [0.29, 0.717) is 22.0 Å². The number of benzene rings is 2. The number of aryl methyl sites for hydroxylation is 1. The highest BCUT2D eigenvalue weighted by Crippen LogP contribution is 2.29. The number of halogens is 5. The van der Waals surface area contributed by atoms with Crippen molar-refractivity contribution in [3.63, 3.8) is 0 Å². The van der Waals surface area contributed by atoms with Crippen molar-refractivity contribution < 1.29 is 18.0 Å². The second-order valence-electron chi connectivity index (χ2n) is 5.21. The normalized spacial score (nSPS) is 11.4. The first-order chi connectivity index (χ1) is 11.3. The van der Waals surface area contributed by atoms with Crippen LogP contribution in [0.4, 0.5) is 13.2 Å². The summed E-state index contributed by atoms with van der Waals surface area (Å²) in [6.07, 6.45) is -3.80. The molecular formula is C17H14Cl2F3NO. The minimum Gasteiger partial charge on any atom is -0.352 e. The summed E-state index contributed by atoms with van der Waals surface area (Å²) >= 11 is 11.8. The molecule has 1 amide bonds. The van der Waals surface area contributed by atoms with Gasteiger partial charge < -0.3 is 5.32 Å². The van der Waals surface area contributed by atoms with Crippen LogP contribution in [-0.4, -0.2) is 5.91 Å². The van der Waals surface area contributed by atoms with Crippen molar-refractivity contribution >= 4 is 29.1 Å². The summed E-state index contributed by atoms with van der Waals surface area (Å²) in [7, 11) is 0. The maximum absolute atomic E-state index is 12.6. The van der Waals surface area contributed by atoms with Crippen LogP contribution in [0.15, 0.2) is 42.5 Å². The van der Waals surface area contributed by atoms with Gasteiger partial charge in [-0.3, -0.25) is 4.79 Å². The molecule has 2 aromatic carbocycles. The highest BCUT2D eigenvalue weighted by Gasteiger charge is 2.30. The van der Waals surface area contributed by atoms with Gasteiger partial charge in [-0.25, -0.2) is 0 Å². The molecule has 7 heteroatoms. The second-order valence-corrected chi connectivity index (χ2v) is 6.05. The maximum atomic E-state index is 12.6. The molecule has 0 spiro atoms. The molecule has 0 aliphatic rings. The monoisotopic (exact) mass is 375 g/mol. The van der Waals surface area contributed by atoms with Gasteiger partial charge in [-0.1, -0.05) is 41.4 Å². The molecule has 2 aromatic rings. The van der Waals surface area contributed by atoms with E-state index in [1.54, 1.807) is 18.2 Å². The van der Waals surface area contributed by atoms with Gasteiger partial charge in [-0.15, -0.1) is 0 Å². The Bertz CT molecular complexity index is 732. The van der Waals surface area contributed by atoms with E-state index in [1.807, 2.05) is 0 Å². The minimum absolute atomic E-state index is 0.0388. The Kier molecular flexibility index (Phi) is 6.13. The number of rotatable bonds is 5. The molecule has 2 nitrogen and oxygen atoms in total. The van der Waals surface area contributed by atoms with Gasteiger partial charge in [0.05, 0.1) is 5.56 Å². The Morgan fingerprint density at radius 2 is 1.83 bits per heavy atom. The molecule has 0 bridgehead atoms. The van der Waals surface area contributed by atoms with E-state index in [2.05, 4.69) is 5.32 Å². The first-order valence-electron chi connectivity index (χ1n) is 7.12. The van der Waals surface area contributed by atoms with Crippen LogP contribution < -0.4 is 5.32 Å². The fraction of sp³-hybridized carbons (Fsp3) is 0.235. The van der Waals surface area contributed by atoms with Gasteiger partial charge in [-0.2, -0.15) is 13.2 Å². The Morgan fingerprint density at radius 3 is 2.50 bits per heavy atom. The molecule has 0 saturated carbocycles. The molecule has 0 aliphatic heterocycles. The lowest BCUT2D eigenvalue weighted by molar-refractivity contribution is -0.137. The topological polar surface area (TPSA) is 29.1 Å². The molecule has 24 heavy (non-hydrogen) atoms. The van der Waals surface area contributed by atoms with Crippen LogP contribution in [0.2, 0.25) is 10.0 Å². The summed E-state index contributed by atoms with van der Waals surface area (Å²) in [5.41, 5.74) is 0.445. The number of alkyl halides is 3. The molecule has 2 rings (SSSR count). The summed E-state index contributed by atoms with van der Waals surface area (Å²) < 4.78 is 37.9. The molecule has 0 fully saturated rings. The first kappa shape index (κ1) is 18.6. The van der Waals surface area contributed by atoms with E-state index in [4.69, 9.17) is 23.2 Å². The van der Waals surface area contributed by atoms with E-state index in [9.17, 15) is 18.0 Å². The summed E-state index contributed by atoms with van der Waals surface area (Å²) in [6.45, 7) is 0.0388. The number of hydrogen-bond donors (Lipinski definition) is 1. The van der Waals surface area contributed by atoms with E-state index in [1.165, 1.54) is 12.1 Å². The molecule has 0 atom stereocenters. The smallest absolute Gasteiger partial charge is 0.352 e. The number of carbonyl (C=O) groups excluding carboxylic acids is 1. The fourth-order valence-corrected chi connectivity index (χ4v) is 2.62. The van der Waals surface area contributed by atoms with Crippen LogP contribution in [0.5, 0.6) is 0 Å². The summed E-state index contributed by atoms with van der Waals surface area (Å²) in [6, 6.07) is 9.89. The Labute approximate surface area is 147 Å². The Morgan fingerprint density at radius 1 is 1.08 bits per heavy atom. The molecule has 128 valence electrons. The van der Waals surface area contributed by atoms with E-state index < -0.39 is 11.7 Å². The van der Waals surface area contributed by atoms with Crippen molar-refractivity contribution in [3.05, 3.63) is 69.2 Å². The largest absolute Gasteiger partial charge is 0.416 e. The summed E-state index contributed by atoms with van der Waals surface area (Å²) in [5.74, 6) is -0.265. The zero-order valence-electron chi connectivity index (χ0n) is 12.5. The molecule has 0 aliphatic carbocycles. The minimum atomic E-state index is -4.40. The van der Waals surface area contributed by atoms with Gasteiger partial charge in [0.25, 0.3) is 0 Å².